The number of carbonyl (C=O) groups excluding carboxylic acids is 2. The largest absolute Gasteiger partial charge is 0.329 e. The maximum atomic E-state index is 13.3. The Balaban J connectivity index is 1.68. The zero-order chi connectivity index (χ0) is 19.4. The summed E-state index contributed by atoms with van der Waals surface area (Å²) in [5.74, 6) is -1.14. The Morgan fingerprint density at radius 3 is 2.48 bits per heavy atom. The quantitative estimate of drug-likeness (QED) is 0.757. The molecule has 9 heteroatoms. The second-order valence-corrected chi connectivity index (χ2v) is 6.27. The summed E-state index contributed by atoms with van der Waals surface area (Å²) in [4.78, 5) is 34.0. The molecule has 2 amide bonds. The molecular formula is C18H15BFN5O2. The van der Waals surface area contributed by atoms with Gasteiger partial charge < -0.3 is 4.90 Å². The van der Waals surface area contributed by atoms with Gasteiger partial charge in [-0.05, 0) is 6.42 Å². The van der Waals surface area contributed by atoms with Crippen molar-refractivity contribution in [3.63, 3.8) is 0 Å². The van der Waals surface area contributed by atoms with E-state index in [-0.39, 0.29) is 36.4 Å². The first kappa shape index (κ1) is 18.5. The van der Waals surface area contributed by atoms with Crippen molar-refractivity contribution in [2.24, 2.45) is 5.92 Å². The molecule has 1 aliphatic rings. The van der Waals surface area contributed by atoms with Crippen molar-refractivity contribution in [2.75, 3.05) is 18.4 Å². The summed E-state index contributed by atoms with van der Waals surface area (Å²) in [6.07, 6.45) is 1.98. The molecule has 2 aromatic rings. The number of rotatable bonds is 6. The number of nitriles is 1. The highest BCUT2D eigenvalue weighted by Crippen LogP contribution is 2.34. The van der Waals surface area contributed by atoms with Crippen molar-refractivity contribution in [1.29, 1.82) is 5.26 Å². The minimum Gasteiger partial charge on any atom is -0.329 e. The standard InChI is InChI=1S/C18H15BFN5O2/c19-14-3-1-12(2-4-14)17(27)25(9-13-5-15(13)20)10-16(26)24-18-22-7-11(6-21)8-23-18/h1-4,7-8,13,15H,5,9-10H2,(H,22,23,24,26)/t13-,15-/m0/s1. The van der Waals surface area contributed by atoms with Gasteiger partial charge in [0, 0.05) is 18.0 Å². The van der Waals surface area contributed by atoms with Gasteiger partial charge in [0.15, 0.2) is 0 Å². The number of amides is 2. The smallest absolute Gasteiger partial charge is 0.254 e. The van der Waals surface area contributed by atoms with Crippen LogP contribution in [0, 0.1) is 17.2 Å². The first-order valence-electron chi connectivity index (χ1n) is 8.27. The molecule has 7 nitrogen and oxygen atoms in total. The lowest BCUT2D eigenvalue weighted by Gasteiger charge is -2.22. The molecule has 0 unspecified atom stereocenters. The molecule has 1 saturated carbocycles. The highest BCUT2D eigenvalue weighted by molar-refractivity contribution is 6.32. The number of aromatic nitrogens is 2. The fraction of sp³-hybridized carbons (Fsp3) is 0.278. The number of carbonyl (C=O) groups is 2. The fourth-order valence-corrected chi connectivity index (χ4v) is 2.50. The summed E-state index contributed by atoms with van der Waals surface area (Å²) in [5, 5.41) is 11.2. The van der Waals surface area contributed by atoms with Gasteiger partial charge in [0.05, 0.1) is 18.0 Å². The molecule has 134 valence electrons. The molecule has 3 rings (SSSR count). The molecule has 2 radical (unpaired) electrons. The third-order valence-corrected chi connectivity index (χ3v) is 4.10. The summed E-state index contributed by atoms with van der Waals surface area (Å²) in [7, 11) is 5.63. The lowest BCUT2D eigenvalue weighted by molar-refractivity contribution is -0.117. The van der Waals surface area contributed by atoms with E-state index in [9.17, 15) is 14.0 Å². The zero-order valence-corrected chi connectivity index (χ0v) is 14.3. The summed E-state index contributed by atoms with van der Waals surface area (Å²) >= 11 is 0. The van der Waals surface area contributed by atoms with Crippen LogP contribution in [0.3, 0.4) is 0 Å². The van der Waals surface area contributed by atoms with Crippen LogP contribution in [0.15, 0.2) is 36.7 Å². The van der Waals surface area contributed by atoms with Gasteiger partial charge in [-0.2, -0.15) is 5.26 Å². The van der Waals surface area contributed by atoms with Crippen LogP contribution in [0.25, 0.3) is 0 Å². The second-order valence-electron chi connectivity index (χ2n) is 6.27. The predicted molar refractivity (Wildman–Crippen MR) is 96.1 cm³/mol. The van der Waals surface area contributed by atoms with Crippen molar-refractivity contribution in [1.82, 2.24) is 14.9 Å². The molecule has 0 aliphatic heterocycles. The molecule has 1 heterocycles. The van der Waals surface area contributed by atoms with Gasteiger partial charge in [0.1, 0.15) is 26.6 Å². The molecule has 1 aliphatic carbocycles. The lowest BCUT2D eigenvalue weighted by Crippen LogP contribution is -2.40. The Kier molecular flexibility index (Phi) is 5.45. The van der Waals surface area contributed by atoms with E-state index in [1.54, 1.807) is 24.3 Å². The highest BCUT2D eigenvalue weighted by atomic mass is 19.1. The van der Waals surface area contributed by atoms with Crippen molar-refractivity contribution in [3.05, 3.63) is 47.8 Å². The van der Waals surface area contributed by atoms with Gasteiger partial charge >= 0.3 is 0 Å². The third-order valence-electron chi connectivity index (χ3n) is 4.10. The molecule has 0 saturated heterocycles. The summed E-state index contributed by atoms with van der Waals surface area (Å²) < 4.78 is 13.3. The van der Waals surface area contributed by atoms with Crippen LogP contribution >= 0.6 is 0 Å². The van der Waals surface area contributed by atoms with Crippen LogP contribution in [-0.4, -0.2) is 53.8 Å². The SMILES string of the molecule is [B]c1ccc(C(=O)N(CC(=O)Nc2ncc(C#N)cn2)C[C@@H]2C[C@@H]2F)cc1. The van der Waals surface area contributed by atoms with E-state index in [0.29, 0.717) is 17.4 Å². The zero-order valence-electron chi connectivity index (χ0n) is 14.3. The summed E-state index contributed by atoms with van der Waals surface area (Å²) in [5.41, 5.74) is 1.14. The van der Waals surface area contributed by atoms with Gasteiger partial charge in [-0.15, -0.1) is 0 Å². The molecule has 27 heavy (non-hydrogen) atoms. The minimum atomic E-state index is -0.948. The van der Waals surface area contributed by atoms with Crippen LogP contribution in [0.5, 0.6) is 0 Å². The molecule has 1 fully saturated rings. The Hall–Kier alpha value is -3.28. The van der Waals surface area contributed by atoms with E-state index in [1.807, 2.05) is 6.07 Å². The van der Waals surface area contributed by atoms with Crippen LogP contribution in [0.4, 0.5) is 10.3 Å². The van der Waals surface area contributed by atoms with Gasteiger partial charge in [-0.3, -0.25) is 14.9 Å². The monoisotopic (exact) mass is 363 g/mol. The van der Waals surface area contributed by atoms with E-state index >= 15 is 0 Å². The second kappa shape index (κ2) is 7.95. The first-order chi connectivity index (χ1) is 13.0. The van der Waals surface area contributed by atoms with Crippen molar-refractivity contribution >= 4 is 31.1 Å². The van der Waals surface area contributed by atoms with Crippen LogP contribution < -0.4 is 10.8 Å². The lowest BCUT2D eigenvalue weighted by atomic mass is 9.95. The summed E-state index contributed by atoms with van der Waals surface area (Å²) in [6.45, 7) is -0.123. The first-order valence-corrected chi connectivity index (χ1v) is 8.27. The maximum absolute atomic E-state index is 13.3. The molecule has 2 atom stereocenters. The minimum absolute atomic E-state index is 0.0219. The number of halogens is 1. The number of hydrogen-bond acceptors (Lipinski definition) is 5. The Labute approximate surface area is 156 Å². The number of alkyl halides is 1. The van der Waals surface area contributed by atoms with Crippen LogP contribution in [0.2, 0.25) is 0 Å². The average Bonchev–Trinajstić information content (AvgIpc) is 3.36. The fourth-order valence-electron chi connectivity index (χ4n) is 2.50. The topological polar surface area (TPSA) is 99.0 Å². The third kappa shape index (κ3) is 4.88. The maximum Gasteiger partial charge on any atom is 0.254 e. The van der Waals surface area contributed by atoms with Crippen LogP contribution in [0.1, 0.15) is 22.3 Å². The van der Waals surface area contributed by atoms with Crippen LogP contribution in [-0.2, 0) is 4.79 Å². The van der Waals surface area contributed by atoms with Gasteiger partial charge in [-0.1, -0.05) is 29.7 Å². The van der Waals surface area contributed by atoms with Gasteiger partial charge in [-0.25, -0.2) is 14.4 Å². The summed E-state index contributed by atoms with van der Waals surface area (Å²) in [6, 6.07) is 8.17. The Morgan fingerprint density at radius 1 is 1.30 bits per heavy atom. The number of nitrogens with zero attached hydrogens (tertiary/aromatic N) is 4. The highest BCUT2D eigenvalue weighted by Gasteiger charge is 2.40. The number of hydrogen-bond donors (Lipinski definition) is 1. The molecule has 0 bridgehead atoms. The normalized spacial score (nSPS) is 17.6. The molecule has 0 spiro atoms. The van der Waals surface area contributed by atoms with E-state index in [1.165, 1.54) is 17.3 Å². The molecule has 1 N–H and O–H groups in total. The van der Waals surface area contributed by atoms with E-state index in [2.05, 4.69) is 15.3 Å². The van der Waals surface area contributed by atoms with Crippen molar-refractivity contribution < 1.29 is 14.0 Å². The predicted octanol–water partition coefficient (Wildman–Crippen LogP) is 0.581. The van der Waals surface area contributed by atoms with Gasteiger partial charge in [0.25, 0.3) is 5.91 Å². The van der Waals surface area contributed by atoms with E-state index < -0.39 is 12.1 Å². The van der Waals surface area contributed by atoms with Crippen molar-refractivity contribution in [2.45, 2.75) is 12.6 Å². The number of anilines is 1. The van der Waals surface area contributed by atoms with Crippen molar-refractivity contribution in [3.8, 4) is 6.07 Å². The van der Waals surface area contributed by atoms with E-state index in [0.717, 1.165) is 0 Å². The Bertz CT molecular complexity index is 882. The van der Waals surface area contributed by atoms with E-state index in [4.69, 9.17) is 13.1 Å². The molecular weight excluding hydrogens is 348 g/mol. The van der Waals surface area contributed by atoms with Gasteiger partial charge in [0.2, 0.25) is 11.9 Å². The Morgan fingerprint density at radius 2 is 1.93 bits per heavy atom. The molecule has 1 aromatic carbocycles. The average molecular weight is 363 g/mol. The number of nitrogens with one attached hydrogen (secondary N) is 1. The number of benzene rings is 1. The molecule has 1 aromatic heterocycles.